The molecular formula is C14H17N5O2S2. The largest absolute Gasteiger partial charge is 0.363 e. The number of carbonyl (C=O) groups is 1. The fourth-order valence-corrected chi connectivity index (χ4v) is 3.86. The lowest BCUT2D eigenvalue weighted by Crippen LogP contribution is -2.39. The van der Waals surface area contributed by atoms with Crippen LogP contribution in [0.3, 0.4) is 0 Å². The van der Waals surface area contributed by atoms with Crippen LogP contribution in [0.15, 0.2) is 28.6 Å². The van der Waals surface area contributed by atoms with Crippen LogP contribution in [-0.2, 0) is 10.8 Å². The number of urea groups is 1. The first kappa shape index (κ1) is 15.9. The second kappa shape index (κ2) is 6.25. The van der Waals surface area contributed by atoms with Crippen molar-refractivity contribution in [1.29, 1.82) is 0 Å². The summed E-state index contributed by atoms with van der Waals surface area (Å²) in [6.45, 7) is 2.54. The van der Waals surface area contributed by atoms with E-state index in [2.05, 4.69) is 15.5 Å². The van der Waals surface area contributed by atoms with E-state index in [9.17, 15) is 9.00 Å². The molecule has 2 aromatic rings. The Labute approximate surface area is 140 Å². The van der Waals surface area contributed by atoms with Gasteiger partial charge in [-0.15, -0.1) is 10.2 Å². The van der Waals surface area contributed by atoms with Gasteiger partial charge in [0.25, 0.3) is 0 Å². The molecule has 1 aliphatic heterocycles. The van der Waals surface area contributed by atoms with E-state index < -0.39 is 10.8 Å². The van der Waals surface area contributed by atoms with E-state index in [0.29, 0.717) is 16.0 Å². The summed E-state index contributed by atoms with van der Waals surface area (Å²) in [5.41, 5.74) is 2.07. The average Bonchev–Trinajstić information content (AvgIpc) is 3.08. The van der Waals surface area contributed by atoms with Crippen molar-refractivity contribution in [3.05, 3.63) is 29.8 Å². The van der Waals surface area contributed by atoms with Gasteiger partial charge in [0.1, 0.15) is 6.17 Å². The van der Waals surface area contributed by atoms with Gasteiger partial charge in [-0.1, -0.05) is 29.5 Å². The number of amides is 2. The van der Waals surface area contributed by atoms with Gasteiger partial charge in [0.2, 0.25) is 9.47 Å². The van der Waals surface area contributed by atoms with Crippen LogP contribution in [0.1, 0.15) is 5.56 Å². The minimum Gasteiger partial charge on any atom is -0.363 e. The summed E-state index contributed by atoms with van der Waals surface area (Å²) in [6.07, 6.45) is 1.30. The highest BCUT2D eigenvalue weighted by Crippen LogP contribution is 2.29. The van der Waals surface area contributed by atoms with Gasteiger partial charge < -0.3 is 10.2 Å². The van der Waals surface area contributed by atoms with Crippen molar-refractivity contribution in [2.45, 2.75) is 17.4 Å². The maximum absolute atomic E-state index is 12.4. The molecule has 2 amide bonds. The average molecular weight is 351 g/mol. The molecule has 7 nitrogen and oxygen atoms in total. The van der Waals surface area contributed by atoms with Gasteiger partial charge in [-0.3, -0.25) is 4.21 Å². The molecule has 1 saturated heterocycles. The lowest BCUT2D eigenvalue weighted by molar-refractivity contribution is 0.229. The molecule has 1 aromatic heterocycles. The highest BCUT2D eigenvalue weighted by Gasteiger charge is 2.38. The number of hydrogen-bond donors (Lipinski definition) is 1. The monoisotopic (exact) mass is 351 g/mol. The van der Waals surface area contributed by atoms with E-state index >= 15 is 0 Å². The minimum atomic E-state index is -1.21. The molecule has 0 bridgehead atoms. The number of aromatic nitrogens is 2. The van der Waals surface area contributed by atoms with Gasteiger partial charge >= 0.3 is 6.03 Å². The Morgan fingerprint density at radius 2 is 2.09 bits per heavy atom. The highest BCUT2D eigenvalue weighted by molar-refractivity contribution is 7.86. The van der Waals surface area contributed by atoms with Crippen molar-refractivity contribution in [3.63, 3.8) is 0 Å². The zero-order chi connectivity index (χ0) is 16.6. The molecule has 1 N–H and O–H groups in total. The Balaban J connectivity index is 1.90. The van der Waals surface area contributed by atoms with Crippen molar-refractivity contribution in [2.75, 3.05) is 30.1 Å². The molecule has 9 heteroatoms. The van der Waals surface area contributed by atoms with Crippen molar-refractivity contribution in [3.8, 4) is 0 Å². The normalized spacial score (nSPS) is 19.3. The smallest absolute Gasteiger partial charge is 0.328 e. The molecule has 0 saturated carbocycles. The summed E-state index contributed by atoms with van der Waals surface area (Å²) in [6, 6.07) is 7.75. The van der Waals surface area contributed by atoms with Gasteiger partial charge in [0, 0.05) is 19.0 Å². The van der Waals surface area contributed by atoms with Crippen LogP contribution in [0.2, 0.25) is 0 Å². The molecule has 2 unspecified atom stereocenters. The lowest BCUT2D eigenvalue weighted by Gasteiger charge is -2.22. The third kappa shape index (κ3) is 3.06. The first-order valence-corrected chi connectivity index (χ1v) is 9.38. The van der Waals surface area contributed by atoms with Crippen molar-refractivity contribution >= 4 is 39.0 Å². The molecule has 1 aromatic carbocycles. The first-order valence-electron chi connectivity index (χ1n) is 7.01. The molecule has 2 heterocycles. The van der Waals surface area contributed by atoms with E-state index in [1.165, 1.54) is 11.3 Å². The summed E-state index contributed by atoms with van der Waals surface area (Å²) in [4.78, 5) is 15.6. The van der Waals surface area contributed by atoms with Crippen LogP contribution in [0.4, 0.5) is 15.6 Å². The molecule has 0 spiro atoms. The van der Waals surface area contributed by atoms with Gasteiger partial charge in [-0.05, 0) is 18.6 Å². The Kier molecular flexibility index (Phi) is 4.31. The number of carbonyl (C=O) groups excluding carboxylic acids is 1. The Bertz CT molecular complexity index is 763. The summed E-state index contributed by atoms with van der Waals surface area (Å²) in [5.74, 6) is 0. The Hall–Kier alpha value is -2.00. The van der Waals surface area contributed by atoms with Crippen LogP contribution >= 0.6 is 11.3 Å². The number of para-hydroxylation sites is 1. The summed E-state index contributed by atoms with van der Waals surface area (Å²) in [5, 5.41) is 11.8. The van der Waals surface area contributed by atoms with E-state index in [4.69, 9.17) is 0 Å². The van der Waals surface area contributed by atoms with E-state index in [1.807, 2.05) is 31.2 Å². The van der Waals surface area contributed by atoms with Gasteiger partial charge in [-0.25, -0.2) is 9.69 Å². The summed E-state index contributed by atoms with van der Waals surface area (Å²) < 4.78 is 11.9. The van der Waals surface area contributed by atoms with E-state index in [-0.39, 0.29) is 12.2 Å². The lowest BCUT2D eigenvalue weighted by atomic mass is 10.2. The number of likely N-dealkylation sites (N-methyl/N-ethyl adjacent to an activating group) is 1. The zero-order valence-electron chi connectivity index (χ0n) is 13.0. The van der Waals surface area contributed by atoms with Crippen LogP contribution in [-0.4, -0.2) is 51.4 Å². The molecule has 0 aliphatic carbocycles. The SMILES string of the molecule is Cc1ccccc1NC1CN(C)C(=O)N1c1nnc(S(C)=O)s1. The number of hydrogen-bond acceptors (Lipinski definition) is 6. The zero-order valence-corrected chi connectivity index (χ0v) is 14.6. The number of nitrogens with zero attached hydrogens (tertiary/aromatic N) is 4. The number of aryl methyl sites for hydroxylation is 1. The molecule has 3 rings (SSSR count). The van der Waals surface area contributed by atoms with Crippen molar-refractivity contribution in [2.24, 2.45) is 0 Å². The maximum atomic E-state index is 12.4. The third-order valence-corrected chi connectivity index (χ3v) is 5.85. The predicted molar refractivity (Wildman–Crippen MR) is 91.3 cm³/mol. The molecule has 1 fully saturated rings. The van der Waals surface area contributed by atoms with Crippen LogP contribution < -0.4 is 10.2 Å². The molecule has 2 atom stereocenters. The molecule has 122 valence electrons. The van der Waals surface area contributed by atoms with Crippen LogP contribution in [0.5, 0.6) is 0 Å². The summed E-state index contributed by atoms with van der Waals surface area (Å²) in [7, 11) is 0.537. The molecule has 1 aliphatic rings. The Morgan fingerprint density at radius 1 is 1.35 bits per heavy atom. The molecule has 0 radical (unpaired) electrons. The van der Waals surface area contributed by atoms with Gasteiger partial charge in [-0.2, -0.15) is 0 Å². The fourth-order valence-electron chi connectivity index (χ4n) is 2.39. The third-order valence-electron chi connectivity index (χ3n) is 3.61. The highest BCUT2D eigenvalue weighted by atomic mass is 32.2. The topological polar surface area (TPSA) is 78.4 Å². The quantitative estimate of drug-likeness (QED) is 0.851. The number of anilines is 2. The number of benzene rings is 1. The minimum absolute atomic E-state index is 0.152. The second-order valence-electron chi connectivity index (χ2n) is 5.31. The predicted octanol–water partition coefficient (Wildman–Crippen LogP) is 1.89. The van der Waals surface area contributed by atoms with Crippen molar-refractivity contribution < 1.29 is 9.00 Å². The summed E-state index contributed by atoms with van der Waals surface area (Å²) >= 11 is 1.18. The standard InChI is InChI=1S/C14H17N5O2S2/c1-9-6-4-5-7-10(9)15-11-8-18(2)14(20)19(11)12-16-17-13(22-12)23(3)21/h4-7,11,15H,8H2,1-3H3. The number of rotatable bonds is 4. The van der Waals surface area contributed by atoms with E-state index in [1.54, 1.807) is 23.1 Å². The Morgan fingerprint density at radius 3 is 2.74 bits per heavy atom. The van der Waals surface area contributed by atoms with Crippen molar-refractivity contribution in [1.82, 2.24) is 15.1 Å². The first-order chi connectivity index (χ1) is 11.0. The van der Waals surface area contributed by atoms with Gasteiger partial charge in [0.05, 0.1) is 17.3 Å². The van der Waals surface area contributed by atoms with E-state index in [0.717, 1.165) is 11.3 Å². The number of nitrogens with one attached hydrogen (secondary N) is 1. The maximum Gasteiger partial charge on any atom is 0.328 e. The van der Waals surface area contributed by atoms with Crippen LogP contribution in [0.25, 0.3) is 0 Å². The molecular weight excluding hydrogens is 334 g/mol. The van der Waals surface area contributed by atoms with Crippen LogP contribution in [0, 0.1) is 6.92 Å². The van der Waals surface area contributed by atoms with Gasteiger partial charge in [0.15, 0.2) is 0 Å². The fraction of sp³-hybridized carbons (Fsp3) is 0.357. The second-order valence-corrected chi connectivity index (χ2v) is 7.82. The molecule has 23 heavy (non-hydrogen) atoms.